The summed E-state index contributed by atoms with van der Waals surface area (Å²) in [5, 5.41) is 8.79. The monoisotopic (exact) mass is 400 g/mol. The van der Waals surface area contributed by atoms with E-state index in [9.17, 15) is 9.18 Å². The van der Waals surface area contributed by atoms with Gasteiger partial charge in [0.05, 0.1) is 31.5 Å². The maximum atomic E-state index is 13.6. The highest BCUT2D eigenvalue weighted by molar-refractivity contribution is 6.56. The number of halogens is 6. The molecule has 0 radical (unpaired) electrons. The van der Waals surface area contributed by atoms with E-state index in [0.29, 0.717) is 5.56 Å². The number of hydrogen-bond acceptors (Lipinski definition) is 1. The molecular weight excluding hydrogens is 396 g/mol. The molecule has 2 nitrogen and oxygen atoms in total. The molecule has 0 bridgehead atoms. The van der Waals surface area contributed by atoms with Gasteiger partial charge in [0.15, 0.2) is 0 Å². The number of hydrogen-bond donors (Lipinski definition) is 1. The number of carboxylic acids is 1. The highest BCUT2D eigenvalue weighted by Gasteiger charge is 2.23. The van der Waals surface area contributed by atoms with Crippen LogP contribution >= 0.6 is 58.0 Å². The van der Waals surface area contributed by atoms with Crippen LogP contribution in [0.4, 0.5) is 4.39 Å². The number of benzene rings is 2. The van der Waals surface area contributed by atoms with Crippen LogP contribution in [0.25, 0.3) is 11.1 Å². The quantitative estimate of drug-likeness (QED) is 0.477. The van der Waals surface area contributed by atoms with E-state index in [2.05, 4.69) is 0 Å². The second kappa shape index (κ2) is 6.81. The largest absolute Gasteiger partial charge is 0.481 e. The van der Waals surface area contributed by atoms with E-state index in [0.717, 1.165) is 12.1 Å². The predicted molar refractivity (Wildman–Crippen MR) is 88.2 cm³/mol. The molecule has 2 rings (SSSR count). The minimum atomic E-state index is -1.09. The third-order valence-corrected chi connectivity index (χ3v) is 5.17. The molecule has 116 valence electrons. The fraction of sp³-hybridized carbons (Fsp3) is 0.0714. The zero-order valence-corrected chi connectivity index (χ0v) is 14.3. The van der Waals surface area contributed by atoms with Crippen molar-refractivity contribution in [2.24, 2.45) is 0 Å². The van der Waals surface area contributed by atoms with Crippen molar-refractivity contribution in [1.82, 2.24) is 0 Å². The zero-order valence-electron chi connectivity index (χ0n) is 10.6. The number of carbonyl (C=O) groups is 1. The minimum absolute atomic E-state index is 0.0293. The Morgan fingerprint density at radius 1 is 0.955 bits per heavy atom. The van der Waals surface area contributed by atoms with Gasteiger partial charge in [-0.1, -0.05) is 64.1 Å². The second-order valence-corrected chi connectivity index (χ2v) is 6.21. The van der Waals surface area contributed by atoms with Gasteiger partial charge in [0.25, 0.3) is 0 Å². The molecule has 0 spiro atoms. The van der Waals surface area contributed by atoms with Crippen LogP contribution in [-0.4, -0.2) is 11.1 Å². The Balaban J connectivity index is 2.82. The molecule has 0 aliphatic rings. The lowest BCUT2D eigenvalue weighted by Crippen LogP contribution is -2.03. The normalized spacial score (nSPS) is 10.8. The maximum absolute atomic E-state index is 13.6. The molecule has 8 heteroatoms. The van der Waals surface area contributed by atoms with Gasteiger partial charge in [-0.05, 0) is 23.3 Å². The summed E-state index contributed by atoms with van der Waals surface area (Å²) in [6.45, 7) is 0. The standard InChI is InChI=1S/C14H6Cl5FO2/c15-10-9(11(16)13(18)14(19)12(10)17)7-4-6(20)2-1-5(7)3-8(21)22/h1-2,4H,3H2,(H,21,22). The molecular formula is C14H6Cl5FO2. The zero-order chi connectivity index (χ0) is 16.6. The van der Waals surface area contributed by atoms with Gasteiger partial charge in [-0.15, -0.1) is 0 Å². The van der Waals surface area contributed by atoms with Crippen LogP contribution in [-0.2, 0) is 11.2 Å². The first-order valence-electron chi connectivity index (χ1n) is 5.76. The third kappa shape index (κ3) is 3.29. The topological polar surface area (TPSA) is 37.3 Å². The number of aliphatic carboxylic acids is 1. The summed E-state index contributed by atoms with van der Waals surface area (Å²) >= 11 is 30.2. The van der Waals surface area contributed by atoms with Gasteiger partial charge in [-0.2, -0.15) is 0 Å². The summed E-state index contributed by atoms with van der Waals surface area (Å²) in [6, 6.07) is 3.59. The molecule has 0 aromatic heterocycles. The summed E-state index contributed by atoms with van der Waals surface area (Å²) < 4.78 is 13.6. The molecule has 1 N–H and O–H groups in total. The molecule has 2 aromatic carbocycles. The first-order valence-corrected chi connectivity index (χ1v) is 7.65. The van der Waals surface area contributed by atoms with E-state index < -0.39 is 11.8 Å². The van der Waals surface area contributed by atoms with Gasteiger partial charge in [0, 0.05) is 5.56 Å². The van der Waals surface area contributed by atoms with E-state index in [-0.39, 0.29) is 42.7 Å². The third-order valence-electron chi connectivity index (χ3n) is 2.89. The minimum Gasteiger partial charge on any atom is -0.481 e. The Hall–Kier alpha value is -0.710. The van der Waals surface area contributed by atoms with Gasteiger partial charge >= 0.3 is 5.97 Å². The molecule has 22 heavy (non-hydrogen) atoms. The Morgan fingerprint density at radius 3 is 1.95 bits per heavy atom. The second-order valence-electron chi connectivity index (χ2n) is 4.32. The molecule has 0 atom stereocenters. The van der Waals surface area contributed by atoms with E-state index in [4.69, 9.17) is 63.1 Å². The van der Waals surface area contributed by atoms with Crippen molar-refractivity contribution in [1.29, 1.82) is 0 Å². The summed E-state index contributed by atoms with van der Waals surface area (Å²) in [5.74, 6) is -1.68. The lowest BCUT2D eigenvalue weighted by molar-refractivity contribution is -0.136. The molecule has 0 unspecified atom stereocenters. The van der Waals surface area contributed by atoms with Crippen molar-refractivity contribution in [3.05, 3.63) is 54.7 Å². The van der Waals surface area contributed by atoms with Crippen LogP contribution in [0.2, 0.25) is 25.1 Å². The highest BCUT2D eigenvalue weighted by atomic mass is 35.5. The van der Waals surface area contributed by atoms with Gasteiger partial charge in [0.2, 0.25) is 0 Å². The summed E-state index contributed by atoms with van der Waals surface area (Å²) in [4.78, 5) is 11.0. The fourth-order valence-corrected chi connectivity index (χ4v) is 3.28. The van der Waals surface area contributed by atoms with Crippen LogP contribution in [0, 0.1) is 5.82 Å². The van der Waals surface area contributed by atoms with Crippen LogP contribution < -0.4 is 0 Å². The molecule has 0 heterocycles. The van der Waals surface area contributed by atoms with Crippen molar-refractivity contribution in [2.75, 3.05) is 0 Å². The lowest BCUT2D eigenvalue weighted by Gasteiger charge is -2.15. The van der Waals surface area contributed by atoms with E-state index in [1.54, 1.807) is 0 Å². The van der Waals surface area contributed by atoms with Crippen molar-refractivity contribution < 1.29 is 14.3 Å². The average molecular weight is 402 g/mol. The van der Waals surface area contributed by atoms with Crippen molar-refractivity contribution >= 4 is 64.0 Å². The molecule has 0 fully saturated rings. The average Bonchev–Trinajstić information content (AvgIpc) is 2.45. The van der Waals surface area contributed by atoms with E-state index >= 15 is 0 Å². The van der Waals surface area contributed by atoms with E-state index in [1.165, 1.54) is 6.07 Å². The van der Waals surface area contributed by atoms with Gasteiger partial charge in [-0.3, -0.25) is 4.79 Å². The number of carboxylic acid groups (broad SMARTS) is 1. The van der Waals surface area contributed by atoms with Crippen LogP contribution in [0.15, 0.2) is 18.2 Å². The van der Waals surface area contributed by atoms with Gasteiger partial charge in [0.1, 0.15) is 5.82 Å². The van der Waals surface area contributed by atoms with Crippen LogP contribution in [0.5, 0.6) is 0 Å². The predicted octanol–water partition coefficient (Wildman–Crippen LogP) is 6.39. The number of rotatable bonds is 3. The fourth-order valence-electron chi connectivity index (χ4n) is 1.94. The molecule has 0 aliphatic heterocycles. The molecule has 0 saturated heterocycles. The molecule has 0 saturated carbocycles. The Morgan fingerprint density at radius 2 is 1.45 bits per heavy atom. The summed E-state index contributed by atoms with van der Waals surface area (Å²) in [6.07, 6.45) is -0.347. The van der Waals surface area contributed by atoms with Crippen molar-refractivity contribution in [3.8, 4) is 11.1 Å². The van der Waals surface area contributed by atoms with Gasteiger partial charge < -0.3 is 5.11 Å². The first kappa shape index (κ1) is 17.6. The van der Waals surface area contributed by atoms with Crippen LogP contribution in [0.1, 0.15) is 5.56 Å². The molecule has 2 aromatic rings. The smallest absolute Gasteiger partial charge is 0.307 e. The Bertz CT molecular complexity index is 747. The molecule has 0 amide bonds. The van der Waals surface area contributed by atoms with Crippen LogP contribution in [0.3, 0.4) is 0 Å². The van der Waals surface area contributed by atoms with Gasteiger partial charge in [-0.25, -0.2) is 4.39 Å². The summed E-state index contributed by atoms with van der Waals surface area (Å²) in [5.41, 5.74) is 0.642. The SMILES string of the molecule is O=C(O)Cc1ccc(F)cc1-c1c(Cl)c(Cl)c(Cl)c(Cl)c1Cl. The Labute approximate surface area is 150 Å². The van der Waals surface area contributed by atoms with Crippen molar-refractivity contribution in [3.63, 3.8) is 0 Å². The van der Waals surface area contributed by atoms with E-state index in [1.807, 2.05) is 0 Å². The Kier molecular flexibility index (Phi) is 5.46. The highest BCUT2D eigenvalue weighted by Crippen LogP contribution is 2.49. The van der Waals surface area contributed by atoms with Crippen molar-refractivity contribution in [2.45, 2.75) is 6.42 Å². The summed E-state index contributed by atoms with van der Waals surface area (Å²) in [7, 11) is 0. The first-order chi connectivity index (χ1) is 10.2. The maximum Gasteiger partial charge on any atom is 0.307 e. The molecule has 0 aliphatic carbocycles. The lowest BCUT2D eigenvalue weighted by atomic mass is 9.97.